The second-order valence-corrected chi connectivity index (χ2v) is 4.33. The topological polar surface area (TPSA) is 26.0 Å². The van der Waals surface area contributed by atoms with Crippen LogP contribution in [0.4, 0.5) is 0 Å². The van der Waals surface area contributed by atoms with E-state index in [1.165, 1.54) is 37.7 Å². The highest BCUT2D eigenvalue weighted by Gasteiger charge is 2.21. The van der Waals surface area contributed by atoms with Gasteiger partial charge in [-0.25, -0.2) is 0 Å². The predicted octanol–water partition coefficient (Wildman–Crippen LogP) is 3.69. The van der Waals surface area contributed by atoms with Crippen LogP contribution in [-0.4, -0.2) is 0 Å². The maximum absolute atomic E-state index is 6.27. The Bertz CT molecular complexity index is 267. The predicted molar refractivity (Wildman–Crippen MR) is 67.2 cm³/mol. The van der Waals surface area contributed by atoms with Crippen LogP contribution < -0.4 is 5.73 Å². The molecule has 1 aliphatic carbocycles. The van der Waals surface area contributed by atoms with E-state index in [2.05, 4.69) is 30.3 Å². The molecule has 0 spiro atoms. The van der Waals surface area contributed by atoms with Crippen molar-refractivity contribution in [2.75, 3.05) is 0 Å². The summed E-state index contributed by atoms with van der Waals surface area (Å²) in [6.07, 6.45) is 6.76. The van der Waals surface area contributed by atoms with Gasteiger partial charge in [0.15, 0.2) is 0 Å². The molecule has 1 aromatic rings. The van der Waals surface area contributed by atoms with Crippen LogP contribution in [0.5, 0.6) is 0 Å². The molecule has 84 valence electrons. The molecule has 2 heteroatoms. The fourth-order valence-electron chi connectivity index (χ4n) is 2.44. The van der Waals surface area contributed by atoms with E-state index in [4.69, 9.17) is 5.73 Å². The molecular formula is C13H20ClN. The van der Waals surface area contributed by atoms with E-state index < -0.39 is 0 Å². The average molecular weight is 226 g/mol. The summed E-state index contributed by atoms with van der Waals surface area (Å²) in [7, 11) is 0. The molecule has 0 saturated heterocycles. The van der Waals surface area contributed by atoms with Gasteiger partial charge in [0.2, 0.25) is 0 Å². The maximum Gasteiger partial charge on any atom is 0.0323 e. The third-order valence-electron chi connectivity index (χ3n) is 3.34. The van der Waals surface area contributed by atoms with Gasteiger partial charge in [-0.3, -0.25) is 0 Å². The highest BCUT2D eigenvalue weighted by atomic mass is 35.5. The van der Waals surface area contributed by atoms with Crippen molar-refractivity contribution in [1.29, 1.82) is 0 Å². The smallest absolute Gasteiger partial charge is 0.0323 e. The van der Waals surface area contributed by atoms with Crippen molar-refractivity contribution in [2.24, 2.45) is 11.7 Å². The van der Waals surface area contributed by atoms with Crippen molar-refractivity contribution >= 4 is 12.4 Å². The van der Waals surface area contributed by atoms with Crippen molar-refractivity contribution in [3.05, 3.63) is 35.9 Å². The second kappa shape index (κ2) is 6.14. The Kier molecular flexibility index (Phi) is 5.13. The van der Waals surface area contributed by atoms with Gasteiger partial charge in [0, 0.05) is 6.04 Å². The van der Waals surface area contributed by atoms with Gasteiger partial charge in [-0.15, -0.1) is 12.4 Å². The van der Waals surface area contributed by atoms with Crippen molar-refractivity contribution in [3.63, 3.8) is 0 Å². The Labute approximate surface area is 98.5 Å². The first-order valence-corrected chi connectivity index (χ1v) is 5.68. The zero-order valence-electron chi connectivity index (χ0n) is 9.06. The summed E-state index contributed by atoms with van der Waals surface area (Å²) >= 11 is 0. The fraction of sp³-hybridized carbons (Fsp3) is 0.538. The van der Waals surface area contributed by atoms with Crippen LogP contribution in [0, 0.1) is 5.92 Å². The van der Waals surface area contributed by atoms with Crippen LogP contribution in [0.3, 0.4) is 0 Å². The van der Waals surface area contributed by atoms with Crippen molar-refractivity contribution < 1.29 is 0 Å². The molecule has 2 N–H and O–H groups in total. The van der Waals surface area contributed by atoms with Gasteiger partial charge in [0.05, 0.1) is 0 Å². The first kappa shape index (κ1) is 12.5. The molecule has 1 aromatic carbocycles. The highest BCUT2D eigenvalue weighted by Crippen LogP contribution is 2.32. The van der Waals surface area contributed by atoms with Crippen molar-refractivity contribution in [1.82, 2.24) is 0 Å². The minimum Gasteiger partial charge on any atom is -0.324 e. The number of hydrogen-bond acceptors (Lipinski definition) is 1. The van der Waals surface area contributed by atoms with Gasteiger partial charge < -0.3 is 5.73 Å². The van der Waals surface area contributed by atoms with Gasteiger partial charge in [0.1, 0.15) is 0 Å². The van der Waals surface area contributed by atoms with Crippen LogP contribution in [0.25, 0.3) is 0 Å². The lowest BCUT2D eigenvalue weighted by atomic mass is 9.82. The summed E-state index contributed by atoms with van der Waals surface area (Å²) in [5, 5.41) is 0. The van der Waals surface area contributed by atoms with E-state index in [1.807, 2.05) is 0 Å². The summed E-state index contributed by atoms with van der Waals surface area (Å²) in [6.45, 7) is 0. The van der Waals surface area contributed by atoms with E-state index in [9.17, 15) is 0 Å². The van der Waals surface area contributed by atoms with Gasteiger partial charge in [-0.2, -0.15) is 0 Å². The largest absolute Gasteiger partial charge is 0.324 e. The molecule has 15 heavy (non-hydrogen) atoms. The SMILES string of the molecule is Cl.N[C@@H](c1ccccc1)C1CCCCC1. The first-order chi connectivity index (χ1) is 6.88. The fourth-order valence-corrected chi connectivity index (χ4v) is 2.44. The number of benzene rings is 1. The van der Waals surface area contributed by atoms with Crippen LogP contribution in [0.2, 0.25) is 0 Å². The Balaban J connectivity index is 0.00000112. The molecule has 0 aromatic heterocycles. The molecule has 0 radical (unpaired) electrons. The standard InChI is InChI=1S/C13H19N.ClH/c14-13(11-7-3-1-4-8-11)12-9-5-2-6-10-12;/h1,3-4,7-8,12-13H,2,5-6,9-10,14H2;1H/t13-;/m0./s1. The lowest BCUT2D eigenvalue weighted by Crippen LogP contribution is -2.23. The summed E-state index contributed by atoms with van der Waals surface area (Å²) in [6, 6.07) is 10.8. The van der Waals surface area contributed by atoms with Crippen molar-refractivity contribution in [3.8, 4) is 0 Å². The molecule has 0 amide bonds. The van der Waals surface area contributed by atoms with Crippen LogP contribution in [0.15, 0.2) is 30.3 Å². The van der Waals surface area contributed by atoms with E-state index in [1.54, 1.807) is 0 Å². The second-order valence-electron chi connectivity index (χ2n) is 4.33. The minimum absolute atomic E-state index is 0. The zero-order chi connectivity index (χ0) is 9.80. The quantitative estimate of drug-likeness (QED) is 0.817. The maximum atomic E-state index is 6.27. The number of hydrogen-bond donors (Lipinski definition) is 1. The van der Waals surface area contributed by atoms with Crippen molar-refractivity contribution in [2.45, 2.75) is 38.1 Å². The van der Waals surface area contributed by atoms with Crippen LogP contribution in [0.1, 0.15) is 43.7 Å². The molecule has 0 aliphatic heterocycles. The number of halogens is 1. The summed E-state index contributed by atoms with van der Waals surface area (Å²) in [5.41, 5.74) is 7.57. The van der Waals surface area contributed by atoms with Gasteiger partial charge in [-0.05, 0) is 24.3 Å². The minimum atomic E-state index is 0. The Morgan fingerprint density at radius 3 is 2.20 bits per heavy atom. The van der Waals surface area contributed by atoms with Crippen LogP contribution in [-0.2, 0) is 0 Å². The monoisotopic (exact) mass is 225 g/mol. The Morgan fingerprint density at radius 1 is 1.00 bits per heavy atom. The molecule has 0 bridgehead atoms. The molecule has 0 heterocycles. The summed E-state index contributed by atoms with van der Waals surface area (Å²) < 4.78 is 0. The lowest BCUT2D eigenvalue weighted by molar-refractivity contribution is 0.308. The lowest BCUT2D eigenvalue weighted by Gasteiger charge is -2.27. The van der Waals surface area contributed by atoms with E-state index in [0.29, 0.717) is 5.92 Å². The summed E-state index contributed by atoms with van der Waals surface area (Å²) in [4.78, 5) is 0. The molecular weight excluding hydrogens is 206 g/mol. The van der Waals surface area contributed by atoms with Gasteiger partial charge in [0.25, 0.3) is 0 Å². The molecule has 1 nitrogen and oxygen atoms in total. The molecule has 1 fully saturated rings. The highest BCUT2D eigenvalue weighted by molar-refractivity contribution is 5.85. The first-order valence-electron chi connectivity index (χ1n) is 5.68. The number of rotatable bonds is 2. The third kappa shape index (κ3) is 3.22. The summed E-state index contributed by atoms with van der Waals surface area (Å²) in [5.74, 6) is 0.714. The molecule has 2 rings (SSSR count). The van der Waals surface area contributed by atoms with Gasteiger partial charge in [-0.1, -0.05) is 49.6 Å². The van der Waals surface area contributed by atoms with E-state index in [-0.39, 0.29) is 18.4 Å². The van der Waals surface area contributed by atoms with E-state index >= 15 is 0 Å². The Morgan fingerprint density at radius 2 is 1.60 bits per heavy atom. The zero-order valence-corrected chi connectivity index (χ0v) is 9.88. The van der Waals surface area contributed by atoms with E-state index in [0.717, 1.165) is 0 Å². The van der Waals surface area contributed by atoms with Crippen LogP contribution >= 0.6 is 12.4 Å². The molecule has 1 atom stereocenters. The third-order valence-corrected chi connectivity index (χ3v) is 3.34. The molecule has 1 saturated carbocycles. The molecule has 0 unspecified atom stereocenters. The molecule has 1 aliphatic rings. The average Bonchev–Trinajstić information content (AvgIpc) is 2.30. The Hall–Kier alpha value is -0.530. The van der Waals surface area contributed by atoms with Gasteiger partial charge >= 0.3 is 0 Å². The normalized spacial score (nSPS) is 19.3. The number of nitrogens with two attached hydrogens (primary N) is 1.